The summed E-state index contributed by atoms with van der Waals surface area (Å²) in [5.74, 6) is -1.79. The molecule has 0 unspecified atom stereocenters. The average Bonchev–Trinajstić information content (AvgIpc) is 2.65. The zero-order valence-corrected chi connectivity index (χ0v) is 15.6. The number of fused-ring (bicyclic) bond motifs is 1. The summed E-state index contributed by atoms with van der Waals surface area (Å²) in [6.07, 6.45) is -0.862. The highest BCUT2D eigenvalue weighted by Crippen LogP contribution is 2.35. The lowest BCUT2D eigenvalue weighted by atomic mass is 9.89. The molecule has 1 aliphatic rings. The molecule has 0 saturated heterocycles. The Hall–Kier alpha value is -2.94. The number of nitrogens with two attached hydrogens (primary N) is 1. The number of hydrogen-bond donors (Lipinski definition) is 2. The molecule has 1 heterocycles. The van der Waals surface area contributed by atoms with Crippen molar-refractivity contribution in [3.05, 3.63) is 65.5 Å². The van der Waals surface area contributed by atoms with E-state index in [0.29, 0.717) is 40.9 Å². The molecule has 9 heteroatoms. The molecule has 3 N–H and O–H groups in total. The second-order valence-corrected chi connectivity index (χ2v) is 7.28. The lowest BCUT2D eigenvalue weighted by Crippen LogP contribution is -2.46. The van der Waals surface area contributed by atoms with Crippen LogP contribution < -0.4 is 15.8 Å². The van der Waals surface area contributed by atoms with Crippen molar-refractivity contribution in [1.82, 2.24) is 10.3 Å². The van der Waals surface area contributed by atoms with Crippen LogP contribution in [0.25, 0.3) is 10.8 Å². The van der Waals surface area contributed by atoms with Gasteiger partial charge in [-0.2, -0.15) is 13.2 Å². The zero-order valence-electron chi connectivity index (χ0n) is 15.6. The number of pyridine rings is 1. The molecule has 158 valence electrons. The molecule has 0 amide bonds. The van der Waals surface area contributed by atoms with Gasteiger partial charge in [0.05, 0.1) is 5.56 Å². The van der Waals surface area contributed by atoms with E-state index in [-0.39, 0.29) is 24.4 Å². The van der Waals surface area contributed by atoms with Crippen LogP contribution in [0.1, 0.15) is 24.0 Å². The Morgan fingerprint density at radius 3 is 2.57 bits per heavy atom. The van der Waals surface area contributed by atoms with Crippen molar-refractivity contribution in [2.75, 3.05) is 5.73 Å². The minimum Gasteiger partial charge on any atom is -0.490 e. The van der Waals surface area contributed by atoms with Crippen LogP contribution in [0.3, 0.4) is 0 Å². The number of benzene rings is 2. The highest BCUT2D eigenvalue weighted by atomic mass is 19.4. The largest absolute Gasteiger partial charge is 0.490 e. The van der Waals surface area contributed by atoms with Gasteiger partial charge < -0.3 is 15.8 Å². The normalized spacial score (nSPS) is 19.0. The van der Waals surface area contributed by atoms with E-state index in [0.717, 1.165) is 6.07 Å². The molecule has 0 atom stereocenters. The smallest absolute Gasteiger partial charge is 0.419 e. The Kier molecular flexibility index (Phi) is 5.23. The molecule has 1 fully saturated rings. The number of rotatable bonds is 5. The number of nitrogens with one attached hydrogen (secondary N) is 1. The summed E-state index contributed by atoms with van der Waals surface area (Å²) in [6.45, 7) is 0.263. The summed E-state index contributed by atoms with van der Waals surface area (Å²) >= 11 is 0. The van der Waals surface area contributed by atoms with Crippen LogP contribution in [0, 0.1) is 11.6 Å². The van der Waals surface area contributed by atoms with E-state index in [2.05, 4.69) is 10.3 Å². The number of anilines is 1. The van der Waals surface area contributed by atoms with Crippen LogP contribution in [-0.2, 0) is 12.7 Å². The maximum absolute atomic E-state index is 14.4. The van der Waals surface area contributed by atoms with Crippen LogP contribution >= 0.6 is 0 Å². The zero-order chi connectivity index (χ0) is 21.5. The van der Waals surface area contributed by atoms with Gasteiger partial charge in [-0.3, -0.25) is 4.98 Å². The number of ether oxygens (including phenoxy) is 1. The quantitative estimate of drug-likeness (QED) is 0.457. The fourth-order valence-electron chi connectivity index (χ4n) is 3.56. The number of hydrogen-bond acceptors (Lipinski definition) is 4. The molecule has 30 heavy (non-hydrogen) atoms. The van der Waals surface area contributed by atoms with Gasteiger partial charge >= 0.3 is 6.18 Å². The van der Waals surface area contributed by atoms with Crippen molar-refractivity contribution in [2.24, 2.45) is 0 Å². The fourth-order valence-corrected chi connectivity index (χ4v) is 3.56. The molecule has 2 aromatic carbocycles. The minimum atomic E-state index is -4.78. The first-order valence-electron chi connectivity index (χ1n) is 9.29. The van der Waals surface area contributed by atoms with Crippen molar-refractivity contribution in [3.8, 4) is 5.75 Å². The molecule has 4 nitrogen and oxygen atoms in total. The van der Waals surface area contributed by atoms with Crippen molar-refractivity contribution in [3.63, 3.8) is 0 Å². The molecule has 0 spiro atoms. The van der Waals surface area contributed by atoms with E-state index >= 15 is 0 Å². The highest BCUT2D eigenvalue weighted by molar-refractivity contribution is 5.94. The average molecular weight is 423 g/mol. The molecule has 4 rings (SSSR count). The van der Waals surface area contributed by atoms with Crippen LogP contribution in [-0.4, -0.2) is 17.1 Å². The summed E-state index contributed by atoms with van der Waals surface area (Å²) in [5.41, 5.74) is 5.28. The van der Waals surface area contributed by atoms with Gasteiger partial charge in [-0.1, -0.05) is 0 Å². The molecule has 0 bridgehead atoms. The van der Waals surface area contributed by atoms with Gasteiger partial charge in [-0.05, 0) is 48.6 Å². The monoisotopic (exact) mass is 423 g/mol. The molecule has 1 aliphatic carbocycles. The van der Waals surface area contributed by atoms with Gasteiger partial charge in [0.15, 0.2) is 0 Å². The summed E-state index contributed by atoms with van der Waals surface area (Å²) in [4.78, 5) is 4.01. The van der Waals surface area contributed by atoms with Gasteiger partial charge in [-0.25, -0.2) is 8.78 Å². The summed E-state index contributed by atoms with van der Waals surface area (Å²) in [7, 11) is 0. The highest BCUT2D eigenvalue weighted by Gasteiger charge is 2.35. The SMILES string of the molecule is Nc1cc(F)c(CN[C@H]2C[C@H](Oc3ccc(F)c(C(F)(F)F)c3)C2)c2ccncc12. The molecular weight excluding hydrogens is 405 g/mol. The molecule has 0 aliphatic heterocycles. The maximum atomic E-state index is 14.4. The Balaban J connectivity index is 1.36. The molecule has 1 aromatic heterocycles. The second kappa shape index (κ2) is 7.71. The Labute approximate surface area is 168 Å². The van der Waals surface area contributed by atoms with Crippen LogP contribution in [0.15, 0.2) is 42.7 Å². The maximum Gasteiger partial charge on any atom is 0.419 e. The van der Waals surface area contributed by atoms with Gasteiger partial charge in [0.1, 0.15) is 23.5 Å². The molecule has 3 aromatic rings. The van der Waals surface area contributed by atoms with Crippen molar-refractivity contribution in [2.45, 2.75) is 37.7 Å². The number of alkyl halides is 3. The molecule has 0 radical (unpaired) electrons. The van der Waals surface area contributed by atoms with E-state index < -0.39 is 23.4 Å². The topological polar surface area (TPSA) is 60.2 Å². The van der Waals surface area contributed by atoms with E-state index in [1.54, 1.807) is 18.5 Å². The Morgan fingerprint density at radius 2 is 1.83 bits per heavy atom. The molecular formula is C21H18F5N3O. The number of nitrogen functional groups attached to an aromatic ring is 1. The fraction of sp³-hybridized carbons (Fsp3) is 0.286. The van der Waals surface area contributed by atoms with Crippen molar-refractivity contribution >= 4 is 16.5 Å². The summed E-state index contributed by atoms with van der Waals surface area (Å²) in [6, 6.07) is 5.57. The third-order valence-electron chi connectivity index (χ3n) is 5.24. The first-order valence-corrected chi connectivity index (χ1v) is 9.29. The van der Waals surface area contributed by atoms with Crippen LogP contribution in [0.5, 0.6) is 5.75 Å². The summed E-state index contributed by atoms with van der Waals surface area (Å²) < 4.78 is 71.7. The Morgan fingerprint density at radius 1 is 1.07 bits per heavy atom. The van der Waals surface area contributed by atoms with E-state index in [1.165, 1.54) is 12.1 Å². The Bertz CT molecular complexity index is 1080. The number of aromatic nitrogens is 1. The predicted octanol–water partition coefficient (Wildman–Crippen LogP) is 4.81. The lowest BCUT2D eigenvalue weighted by molar-refractivity contribution is -0.140. The number of nitrogens with zero attached hydrogens (tertiary/aromatic N) is 1. The minimum absolute atomic E-state index is 0.0198. The second-order valence-electron chi connectivity index (χ2n) is 7.28. The standard InChI is InChI=1S/C21H18F5N3O/c22-18-2-1-12(7-17(18)21(24,25)26)30-13-5-11(6-13)29-10-15-14-3-4-28-9-16(14)20(27)8-19(15)23/h1-4,7-9,11,13,29H,5-6,10,27H2/t11-,13-. The van der Waals surface area contributed by atoms with Crippen molar-refractivity contribution < 1.29 is 26.7 Å². The van der Waals surface area contributed by atoms with Crippen LogP contribution in [0.2, 0.25) is 0 Å². The number of halogens is 5. The third-order valence-corrected chi connectivity index (χ3v) is 5.24. The third kappa shape index (κ3) is 4.02. The molecule has 1 saturated carbocycles. The van der Waals surface area contributed by atoms with Gasteiger partial charge in [0, 0.05) is 41.6 Å². The van der Waals surface area contributed by atoms with E-state index in [4.69, 9.17) is 10.5 Å². The van der Waals surface area contributed by atoms with Gasteiger partial charge in [0.25, 0.3) is 0 Å². The lowest BCUT2D eigenvalue weighted by Gasteiger charge is -2.36. The van der Waals surface area contributed by atoms with Crippen molar-refractivity contribution in [1.29, 1.82) is 0 Å². The van der Waals surface area contributed by atoms with Crippen LogP contribution in [0.4, 0.5) is 27.6 Å². The van der Waals surface area contributed by atoms with E-state index in [9.17, 15) is 22.0 Å². The van der Waals surface area contributed by atoms with Gasteiger partial charge in [-0.15, -0.1) is 0 Å². The summed E-state index contributed by atoms with van der Waals surface area (Å²) in [5, 5.41) is 4.57. The predicted molar refractivity (Wildman–Crippen MR) is 102 cm³/mol. The van der Waals surface area contributed by atoms with Gasteiger partial charge in [0.2, 0.25) is 0 Å². The first-order chi connectivity index (χ1) is 14.2. The van der Waals surface area contributed by atoms with E-state index in [1.807, 2.05) is 0 Å². The first kappa shape index (κ1) is 20.3.